The lowest BCUT2D eigenvalue weighted by molar-refractivity contribution is -0.143. The van der Waals surface area contributed by atoms with Crippen LogP contribution in [0, 0.1) is 5.92 Å². The van der Waals surface area contributed by atoms with E-state index in [1.54, 1.807) is 0 Å². The third-order valence-corrected chi connectivity index (χ3v) is 1.98. The summed E-state index contributed by atoms with van der Waals surface area (Å²) in [5.74, 6) is 0.342. The fourth-order valence-electron chi connectivity index (χ4n) is 1.16. The first-order chi connectivity index (χ1) is 7.11. The molecule has 0 saturated heterocycles. The van der Waals surface area contributed by atoms with E-state index in [9.17, 15) is 4.79 Å². The van der Waals surface area contributed by atoms with E-state index in [1.165, 1.54) is 7.11 Å². The van der Waals surface area contributed by atoms with Gasteiger partial charge < -0.3 is 14.8 Å². The zero-order valence-electron chi connectivity index (χ0n) is 10.2. The van der Waals surface area contributed by atoms with E-state index < -0.39 is 0 Å². The Morgan fingerprint density at radius 1 is 1.40 bits per heavy atom. The zero-order chi connectivity index (χ0) is 11.7. The normalized spacial score (nSPS) is 12.9. The maximum absolute atomic E-state index is 11.2. The lowest BCUT2D eigenvalue weighted by Crippen LogP contribution is -2.38. The molecular weight excluding hydrogens is 194 g/mol. The monoisotopic (exact) mass is 217 g/mol. The first-order valence-corrected chi connectivity index (χ1v) is 5.50. The van der Waals surface area contributed by atoms with Gasteiger partial charge in [-0.25, -0.2) is 0 Å². The third kappa shape index (κ3) is 7.33. The number of hydrogen-bond donors (Lipinski definition) is 1. The van der Waals surface area contributed by atoms with E-state index in [0.29, 0.717) is 19.1 Å². The number of hydrogen-bond acceptors (Lipinski definition) is 4. The summed E-state index contributed by atoms with van der Waals surface area (Å²) in [6.07, 6.45) is 0.733. The highest BCUT2D eigenvalue weighted by Gasteiger charge is 2.15. The summed E-state index contributed by atoms with van der Waals surface area (Å²) >= 11 is 0. The Morgan fingerprint density at radius 3 is 2.53 bits per heavy atom. The Balaban J connectivity index is 3.51. The van der Waals surface area contributed by atoms with Crippen LogP contribution in [0.4, 0.5) is 0 Å². The summed E-state index contributed by atoms with van der Waals surface area (Å²) in [4.78, 5) is 11.2. The average molecular weight is 217 g/mol. The molecule has 4 heteroatoms. The van der Waals surface area contributed by atoms with Crippen molar-refractivity contribution in [3.63, 3.8) is 0 Å². The molecule has 4 nitrogen and oxygen atoms in total. The summed E-state index contributed by atoms with van der Waals surface area (Å²) in [6, 6.07) is -0.211. The minimum atomic E-state index is -0.211. The maximum atomic E-state index is 11.2. The van der Waals surface area contributed by atoms with Gasteiger partial charge in [0.15, 0.2) is 0 Å². The summed E-state index contributed by atoms with van der Waals surface area (Å²) in [5.41, 5.74) is 0. The van der Waals surface area contributed by atoms with Crippen LogP contribution in [-0.2, 0) is 14.3 Å². The molecule has 1 atom stereocenters. The lowest BCUT2D eigenvalue weighted by Gasteiger charge is -2.14. The van der Waals surface area contributed by atoms with Gasteiger partial charge in [0.1, 0.15) is 6.04 Å². The first kappa shape index (κ1) is 14.4. The van der Waals surface area contributed by atoms with Crippen molar-refractivity contribution in [2.75, 3.05) is 26.9 Å². The Bertz CT molecular complexity index is 171. The quantitative estimate of drug-likeness (QED) is 0.490. The van der Waals surface area contributed by atoms with Crippen LogP contribution in [0.2, 0.25) is 0 Å². The van der Waals surface area contributed by atoms with Gasteiger partial charge in [0, 0.05) is 13.2 Å². The highest BCUT2D eigenvalue weighted by Crippen LogP contribution is 1.94. The minimum Gasteiger partial charge on any atom is -0.468 e. The molecule has 0 saturated carbocycles. The second-order valence-corrected chi connectivity index (χ2v) is 3.91. The predicted molar refractivity (Wildman–Crippen MR) is 59.8 cm³/mol. The molecule has 0 amide bonds. The third-order valence-electron chi connectivity index (χ3n) is 1.98. The fraction of sp³-hybridized carbons (Fsp3) is 0.909. The van der Waals surface area contributed by atoms with Crippen molar-refractivity contribution in [2.24, 2.45) is 5.92 Å². The molecule has 0 radical (unpaired) electrons. The van der Waals surface area contributed by atoms with Gasteiger partial charge in [-0.1, -0.05) is 20.8 Å². The van der Waals surface area contributed by atoms with Crippen molar-refractivity contribution in [3.05, 3.63) is 0 Å². The largest absolute Gasteiger partial charge is 0.468 e. The molecule has 0 rings (SSSR count). The molecule has 0 aromatic heterocycles. The fourth-order valence-corrected chi connectivity index (χ4v) is 1.16. The van der Waals surface area contributed by atoms with Gasteiger partial charge in [-0.05, 0) is 12.3 Å². The number of nitrogens with one attached hydrogen (secondary N) is 1. The predicted octanol–water partition coefficient (Wildman–Crippen LogP) is 1.20. The summed E-state index contributed by atoms with van der Waals surface area (Å²) in [5, 5.41) is 3.09. The van der Waals surface area contributed by atoms with E-state index in [0.717, 1.165) is 13.0 Å². The van der Waals surface area contributed by atoms with E-state index >= 15 is 0 Å². The van der Waals surface area contributed by atoms with Crippen LogP contribution in [0.25, 0.3) is 0 Å². The highest BCUT2D eigenvalue weighted by atomic mass is 16.5. The highest BCUT2D eigenvalue weighted by molar-refractivity contribution is 5.75. The Kier molecular flexibility index (Phi) is 8.33. The molecule has 0 spiro atoms. The number of carbonyl (C=O) groups excluding carboxylic acids is 1. The van der Waals surface area contributed by atoms with Crippen LogP contribution in [0.5, 0.6) is 0 Å². The Hall–Kier alpha value is -0.610. The molecule has 15 heavy (non-hydrogen) atoms. The number of ether oxygens (including phenoxy) is 2. The summed E-state index contributed by atoms with van der Waals surface area (Å²) in [6.45, 7) is 8.24. The van der Waals surface area contributed by atoms with Gasteiger partial charge in [0.2, 0.25) is 0 Å². The van der Waals surface area contributed by atoms with Gasteiger partial charge in [-0.15, -0.1) is 0 Å². The molecule has 0 aromatic carbocycles. The van der Waals surface area contributed by atoms with Gasteiger partial charge in [-0.2, -0.15) is 0 Å². The van der Waals surface area contributed by atoms with Crippen LogP contribution < -0.4 is 5.32 Å². The smallest absolute Gasteiger partial charge is 0.322 e. The van der Waals surface area contributed by atoms with Crippen LogP contribution in [-0.4, -0.2) is 38.9 Å². The topological polar surface area (TPSA) is 47.6 Å². The lowest BCUT2D eigenvalue weighted by atomic mass is 10.2. The van der Waals surface area contributed by atoms with Crippen LogP contribution in [0.1, 0.15) is 27.2 Å². The SMILES string of the molecule is CCC(NCCOCC(C)C)C(=O)OC. The minimum absolute atomic E-state index is 0.207. The number of esters is 1. The van der Waals surface area contributed by atoms with Gasteiger partial charge in [0.25, 0.3) is 0 Å². The van der Waals surface area contributed by atoms with Gasteiger partial charge in [0.05, 0.1) is 13.7 Å². The maximum Gasteiger partial charge on any atom is 0.322 e. The van der Waals surface area contributed by atoms with E-state index in [1.807, 2.05) is 6.92 Å². The van der Waals surface area contributed by atoms with Crippen molar-refractivity contribution in [1.82, 2.24) is 5.32 Å². The van der Waals surface area contributed by atoms with E-state index in [-0.39, 0.29) is 12.0 Å². The van der Waals surface area contributed by atoms with Crippen LogP contribution in [0.3, 0.4) is 0 Å². The van der Waals surface area contributed by atoms with Crippen LogP contribution >= 0.6 is 0 Å². The molecule has 0 aliphatic carbocycles. The molecule has 90 valence electrons. The number of rotatable bonds is 8. The van der Waals surface area contributed by atoms with Crippen molar-refractivity contribution < 1.29 is 14.3 Å². The summed E-state index contributed by atoms with van der Waals surface area (Å²) in [7, 11) is 1.40. The van der Waals surface area contributed by atoms with Crippen molar-refractivity contribution in [2.45, 2.75) is 33.2 Å². The van der Waals surface area contributed by atoms with E-state index in [4.69, 9.17) is 4.74 Å². The first-order valence-electron chi connectivity index (χ1n) is 5.50. The van der Waals surface area contributed by atoms with Gasteiger partial charge >= 0.3 is 5.97 Å². The zero-order valence-corrected chi connectivity index (χ0v) is 10.2. The molecular formula is C11H23NO3. The molecule has 0 aromatic rings. The molecule has 0 fully saturated rings. The second-order valence-electron chi connectivity index (χ2n) is 3.91. The molecule has 0 aliphatic heterocycles. The Morgan fingerprint density at radius 2 is 2.07 bits per heavy atom. The van der Waals surface area contributed by atoms with Crippen molar-refractivity contribution >= 4 is 5.97 Å². The molecule has 1 N–H and O–H groups in total. The molecule has 0 bridgehead atoms. The second kappa shape index (κ2) is 8.68. The number of methoxy groups -OCH3 is 1. The van der Waals surface area contributed by atoms with Crippen molar-refractivity contribution in [1.29, 1.82) is 0 Å². The average Bonchev–Trinajstić information content (AvgIpc) is 2.22. The molecule has 1 unspecified atom stereocenters. The van der Waals surface area contributed by atoms with Crippen molar-refractivity contribution in [3.8, 4) is 0 Å². The number of carbonyl (C=O) groups is 1. The standard InChI is InChI=1S/C11H23NO3/c1-5-10(11(13)14-4)12-6-7-15-8-9(2)3/h9-10,12H,5-8H2,1-4H3. The molecule has 0 aliphatic rings. The van der Waals surface area contributed by atoms with Gasteiger partial charge in [-0.3, -0.25) is 4.79 Å². The van der Waals surface area contributed by atoms with Crippen LogP contribution in [0.15, 0.2) is 0 Å². The molecule has 0 heterocycles. The summed E-state index contributed by atoms with van der Waals surface area (Å²) < 4.78 is 10.0. The Labute approximate surface area is 92.3 Å². The van der Waals surface area contributed by atoms with E-state index in [2.05, 4.69) is 23.9 Å².